The van der Waals surface area contributed by atoms with Gasteiger partial charge in [-0.1, -0.05) is 30.8 Å². The quantitative estimate of drug-likeness (QED) is 0.431. The van der Waals surface area contributed by atoms with Crippen molar-refractivity contribution in [3.63, 3.8) is 0 Å². The van der Waals surface area contributed by atoms with Crippen molar-refractivity contribution in [1.82, 2.24) is 4.98 Å². The van der Waals surface area contributed by atoms with E-state index in [0.29, 0.717) is 16.9 Å². The number of hydrogen-bond donors (Lipinski definition) is 2. The fraction of sp³-hybridized carbons (Fsp3) is 0. The van der Waals surface area contributed by atoms with Crippen LogP contribution in [0.25, 0.3) is 22.0 Å². The topological polar surface area (TPSA) is 71.1 Å². The van der Waals surface area contributed by atoms with Gasteiger partial charge in [-0.3, -0.25) is 14.6 Å². The van der Waals surface area contributed by atoms with Crippen molar-refractivity contribution in [2.45, 2.75) is 0 Å². The molecule has 0 unspecified atom stereocenters. The van der Waals surface area contributed by atoms with Crippen molar-refractivity contribution in [3.05, 3.63) is 103 Å². The van der Waals surface area contributed by atoms with Crippen LogP contribution in [0.3, 0.4) is 0 Å². The molecule has 2 N–H and O–H groups in total. The van der Waals surface area contributed by atoms with Gasteiger partial charge in [0.1, 0.15) is 5.82 Å². The number of nitrogens with one attached hydrogen (secondary N) is 2. The van der Waals surface area contributed by atoms with E-state index < -0.39 is 11.7 Å². The second kappa shape index (κ2) is 8.59. The van der Waals surface area contributed by atoms with Crippen LogP contribution in [0.1, 0.15) is 10.4 Å². The minimum atomic E-state index is -0.474. The molecule has 4 rings (SSSR count). The van der Waals surface area contributed by atoms with Crippen molar-refractivity contribution < 1.29 is 14.0 Å². The number of hydrogen-bond acceptors (Lipinski definition) is 3. The molecule has 4 aromatic rings. The molecule has 5 nitrogen and oxygen atoms in total. The van der Waals surface area contributed by atoms with E-state index in [1.165, 1.54) is 24.3 Å². The smallest absolute Gasteiger partial charge is 0.255 e. The van der Waals surface area contributed by atoms with Crippen molar-refractivity contribution in [1.29, 1.82) is 0 Å². The van der Waals surface area contributed by atoms with Gasteiger partial charge in [-0.05, 0) is 65.7 Å². The number of carbonyl (C=O) groups is 2. The molecule has 0 bridgehead atoms. The summed E-state index contributed by atoms with van der Waals surface area (Å²) < 4.78 is 13.5. The summed E-state index contributed by atoms with van der Waals surface area (Å²) in [6, 6.07) is 20.3. The molecule has 0 atom stereocenters. The van der Waals surface area contributed by atoms with Crippen LogP contribution in [-0.4, -0.2) is 16.8 Å². The predicted molar refractivity (Wildman–Crippen MR) is 120 cm³/mol. The van der Waals surface area contributed by atoms with Crippen LogP contribution in [0.2, 0.25) is 0 Å². The van der Waals surface area contributed by atoms with Gasteiger partial charge in [0, 0.05) is 22.8 Å². The van der Waals surface area contributed by atoms with E-state index in [1.807, 2.05) is 36.4 Å². The highest BCUT2D eigenvalue weighted by Gasteiger charge is 2.11. The number of carbonyl (C=O) groups excluding carboxylic acids is 2. The SMILES string of the molecule is C=CC(=O)Nc1cccc(-c2ccc3nccc(NC(=O)c4cccc(F)c4)c3c2)c1. The van der Waals surface area contributed by atoms with E-state index >= 15 is 0 Å². The first-order valence-corrected chi connectivity index (χ1v) is 9.53. The molecular weight excluding hydrogens is 393 g/mol. The number of amides is 2. The molecule has 1 aromatic heterocycles. The Morgan fingerprint density at radius 2 is 1.71 bits per heavy atom. The molecule has 0 saturated heterocycles. The number of nitrogens with zero attached hydrogens (tertiary/aromatic N) is 1. The van der Waals surface area contributed by atoms with Crippen molar-refractivity contribution in [2.75, 3.05) is 10.6 Å². The van der Waals surface area contributed by atoms with E-state index in [-0.39, 0.29) is 11.5 Å². The number of halogens is 1. The molecule has 0 saturated carbocycles. The third-order valence-corrected chi connectivity index (χ3v) is 4.73. The summed E-state index contributed by atoms with van der Waals surface area (Å²) in [7, 11) is 0. The van der Waals surface area contributed by atoms with Gasteiger partial charge in [0.05, 0.1) is 11.2 Å². The second-order valence-electron chi connectivity index (χ2n) is 6.83. The molecule has 1 heterocycles. The van der Waals surface area contributed by atoms with Gasteiger partial charge in [0.25, 0.3) is 5.91 Å². The largest absolute Gasteiger partial charge is 0.323 e. The maximum Gasteiger partial charge on any atom is 0.255 e. The third-order valence-electron chi connectivity index (χ3n) is 4.73. The average molecular weight is 411 g/mol. The molecule has 31 heavy (non-hydrogen) atoms. The van der Waals surface area contributed by atoms with Crippen LogP contribution >= 0.6 is 0 Å². The summed E-state index contributed by atoms with van der Waals surface area (Å²) in [5.41, 5.74) is 3.92. The van der Waals surface area contributed by atoms with Crippen LogP contribution in [0.4, 0.5) is 15.8 Å². The van der Waals surface area contributed by atoms with E-state index in [1.54, 1.807) is 24.4 Å². The van der Waals surface area contributed by atoms with Crippen molar-refractivity contribution in [2.24, 2.45) is 0 Å². The third kappa shape index (κ3) is 4.48. The molecule has 6 heteroatoms. The molecule has 0 radical (unpaired) electrons. The summed E-state index contributed by atoms with van der Waals surface area (Å²) >= 11 is 0. The number of fused-ring (bicyclic) bond motifs is 1. The van der Waals surface area contributed by atoms with Gasteiger partial charge >= 0.3 is 0 Å². The summed E-state index contributed by atoms with van der Waals surface area (Å²) in [6.07, 6.45) is 2.82. The molecule has 152 valence electrons. The number of pyridine rings is 1. The van der Waals surface area contributed by atoms with Gasteiger partial charge < -0.3 is 10.6 Å². The lowest BCUT2D eigenvalue weighted by Gasteiger charge is -2.11. The van der Waals surface area contributed by atoms with E-state index in [4.69, 9.17) is 0 Å². The maximum absolute atomic E-state index is 13.5. The monoisotopic (exact) mass is 411 g/mol. The second-order valence-corrected chi connectivity index (χ2v) is 6.83. The number of rotatable bonds is 5. The highest BCUT2D eigenvalue weighted by atomic mass is 19.1. The number of anilines is 2. The standard InChI is InChI=1S/C25H18FN3O2/c1-2-24(30)28-20-8-4-5-16(14-20)17-9-10-22-21(15-17)23(11-12-27-22)29-25(31)18-6-3-7-19(26)13-18/h2-15H,1H2,(H,28,30)(H,27,29,31). The Bertz CT molecular complexity index is 1320. The molecule has 3 aromatic carbocycles. The normalized spacial score (nSPS) is 10.5. The Kier molecular flexibility index (Phi) is 5.53. The average Bonchev–Trinajstić information content (AvgIpc) is 2.79. The summed E-state index contributed by atoms with van der Waals surface area (Å²) in [5, 5.41) is 6.32. The lowest BCUT2D eigenvalue weighted by Crippen LogP contribution is -2.12. The predicted octanol–water partition coefficient (Wildman–Crippen LogP) is 5.42. The Balaban J connectivity index is 1.69. The van der Waals surface area contributed by atoms with Crippen molar-refractivity contribution in [3.8, 4) is 11.1 Å². The molecular formula is C25H18FN3O2. The van der Waals surface area contributed by atoms with Crippen LogP contribution in [-0.2, 0) is 4.79 Å². The van der Waals surface area contributed by atoms with Gasteiger partial charge in [-0.25, -0.2) is 4.39 Å². The van der Waals surface area contributed by atoms with Crippen LogP contribution in [0.15, 0.2) is 91.6 Å². The van der Waals surface area contributed by atoms with Crippen LogP contribution in [0.5, 0.6) is 0 Å². The number of benzene rings is 3. The molecule has 0 aliphatic rings. The van der Waals surface area contributed by atoms with E-state index in [9.17, 15) is 14.0 Å². The summed E-state index contributed by atoms with van der Waals surface area (Å²) in [4.78, 5) is 28.5. The van der Waals surface area contributed by atoms with Gasteiger partial charge in [0.2, 0.25) is 5.91 Å². The van der Waals surface area contributed by atoms with E-state index in [2.05, 4.69) is 22.2 Å². The molecule has 2 amide bonds. The first kappa shape index (κ1) is 20.0. The van der Waals surface area contributed by atoms with E-state index in [0.717, 1.165) is 16.5 Å². The first-order chi connectivity index (χ1) is 15.0. The zero-order chi connectivity index (χ0) is 21.8. The molecule has 0 aliphatic carbocycles. The fourth-order valence-corrected chi connectivity index (χ4v) is 3.23. The Labute approximate surface area is 178 Å². The van der Waals surface area contributed by atoms with Gasteiger partial charge in [-0.15, -0.1) is 0 Å². The highest BCUT2D eigenvalue weighted by molar-refractivity contribution is 6.09. The maximum atomic E-state index is 13.5. The fourth-order valence-electron chi connectivity index (χ4n) is 3.23. The molecule has 0 fully saturated rings. The highest BCUT2D eigenvalue weighted by Crippen LogP contribution is 2.29. The number of aromatic nitrogens is 1. The van der Waals surface area contributed by atoms with Crippen LogP contribution < -0.4 is 10.6 Å². The minimum Gasteiger partial charge on any atom is -0.323 e. The first-order valence-electron chi connectivity index (χ1n) is 9.53. The van der Waals surface area contributed by atoms with Gasteiger partial charge in [-0.2, -0.15) is 0 Å². The Morgan fingerprint density at radius 3 is 2.52 bits per heavy atom. The summed E-state index contributed by atoms with van der Waals surface area (Å²) in [6.45, 7) is 3.46. The minimum absolute atomic E-state index is 0.228. The van der Waals surface area contributed by atoms with Crippen LogP contribution in [0, 0.1) is 5.82 Å². The molecule has 0 aliphatic heterocycles. The van der Waals surface area contributed by atoms with Gasteiger partial charge in [0.15, 0.2) is 0 Å². The Hall–Kier alpha value is -4.32. The molecule has 0 spiro atoms. The zero-order valence-corrected chi connectivity index (χ0v) is 16.4. The Morgan fingerprint density at radius 1 is 0.903 bits per heavy atom. The lowest BCUT2D eigenvalue weighted by atomic mass is 10.0. The lowest BCUT2D eigenvalue weighted by molar-refractivity contribution is -0.111. The zero-order valence-electron chi connectivity index (χ0n) is 16.4. The van der Waals surface area contributed by atoms with Crippen molar-refractivity contribution >= 4 is 34.1 Å². The summed E-state index contributed by atoms with van der Waals surface area (Å²) in [5.74, 6) is -1.17.